The van der Waals surface area contributed by atoms with E-state index < -0.39 is 0 Å². The van der Waals surface area contributed by atoms with Gasteiger partial charge in [-0.15, -0.1) is 0 Å². The van der Waals surface area contributed by atoms with Gasteiger partial charge in [0.2, 0.25) is 0 Å². The number of amides is 1. The van der Waals surface area contributed by atoms with E-state index in [4.69, 9.17) is 9.47 Å². The van der Waals surface area contributed by atoms with Gasteiger partial charge in [-0.05, 0) is 29.3 Å². The Morgan fingerprint density at radius 1 is 0.774 bits per heavy atom. The molecular weight excluding hydrogens is 388 g/mol. The van der Waals surface area contributed by atoms with Crippen LogP contribution in [0.5, 0.6) is 11.5 Å². The summed E-state index contributed by atoms with van der Waals surface area (Å²) >= 11 is 0. The molecule has 1 aliphatic heterocycles. The molecule has 0 aromatic heterocycles. The van der Waals surface area contributed by atoms with Crippen molar-refractivity contribution >= 4 is 5.91 Å². The number of benzene rings is 3. The highest BCUT2D eigenvalue weighted by molar-refractivity contribution is 5.97. The molecule has 1 amide bonds. The van der Waals surface area contributed by atoms with Crippen LogP contribution in [0.2, 0.25) is 0 Å². The van der Waals surface area contributed by atoms with Crippen molar-refractivity contribution in [1.82, 2.24) is 9.80 Å². The Labute approximate surface area is 183 Å². The van der Waals surface area contributed by atoms with Gasteiger partial charge in [-0.1, -0.05) is 60.7 Å². The van der Waals surface area contributed by atoms with Crippen LogP contribution in [0.3, 0.4) is 0 Å². The average Bonchev–Trinajstić information content (AvgIpc) is 2.85. The third kappa shape index (κ3) is 4.57. The zero-order valence-electron chi connectivity index (χ0n) is 18.0. The topological polar surface area (TPSA) is 42.0 Å². The Hall–Kier alpha value is -3.31. The standard InChI is InChI=1S/C26H28N2O3/c1-30-22-13-14-24(31-2)23(19-22)26(29)28-17-15-27(16-18-28)25(20-9-5-3-6-10-20)21-11-7-4-8-12-21/h3-14,19,25H,15-18H2,1-2H3. The maximum Gasteiger partial charge on any atom is 0.257 e. The summed E-state index contributed by atoms with van der Waals surface area (Å²) < 4.78 is 10.7. The third-order valence-electron chi connectivity index (χ3n) is 5.83. The second kappa shape index (κ2) is 9.67. The van der Waals surface area contributed by atoms with Gasteiger partial charge in [0.1, 0.15) is 11.5 Å². The van der Waals surface area contributed by atoms with Gasteiger partial charge in [0.25, 0.3) is 5.91 Å². The van der Waals surface area contributed by atoms with Crippen LogP contribution in [-0.2, 0) is 0 Å². The highest BCUT2D eigenvalue weighted by Crippen LogP contribution is 2.30. The molecule has 160 valence electrons. The Bertz CT molecular complexity index is 960. The minimum Gasteiger partial charge on any atom is -0.497 e. The molecule has 0 aliphatic carbocycles. The van der Waals surface area contributed by atoms with Gasteiger partial charge in [0, 0.05) is 26.2 Å². The normalized spacial score (nSPS) is 14.5. The summed E-state index contributed by atoms with van der Waals surface area (Å²) in [5, 5.41) is 0. The summed E-state index contributed by atoms with van der Waals surface area (Å²) in [4.78, 5) is 17.6. The summed E-state index contributed by atoms with van der Waals surface area (Å²) in [7, 11) is 3.18. The molecule has 0 unspecified atom stereocenters. The van der Waals surface area contributed by atoms with E-state index >= 15 is 0 Å². The first-order chi connectivity index (χ1) is 15.2. The number of piperazine rings is 1. The molecule has 1 aliphatic rings. The fourth-order valence-electron chi connectivity index (χ4n) is 4.22. The van der Waals surface area contributed by atoms with E-state index in [0.717, 1.165) is 13.1 Å². The fraction of sp³-hybridized carbons (Fsp3) is 0.269. The third-order valence-corrected chi connectivity index (χ3v) is 5.83. The smallest absolute Gasteiger partial charge is 0.257 e. The lowest BCUT2D eigenvalue weighted by atomic mass is 9.96. The molecule has 0 atom stereocenters. The van der Waals surface area contributed by atoms with Gasteiger partial charge in [-0.2, -0.15) is 0 Å². The Balaban J connectivity index is 1.53. The fourth-order valence-corrected chi connectivity index (χ4v) is 4.22. The summed E-state index contributed by atoms with van der Waals surface area (Å²) in [5.41, 5.74) is 3.07. The van der Waals surface area contributed by atoms with E-state index in [0.29, 0.717) is 30.2 Å². The zero-order valence-corrected chi connectivity index (χ0v) is 18.0. The van der Waals surface area contributed by atoms with Crippen LogP contribution in [0.4, 0.5) is 0 Å². The molecule has 0 N–H and O–H groups in total. The monoisotopic (exact) mass is 416 g/mol. The molecule has 0 bridgehead atoms. The summed E-state index contributed by atoms with van der Waals surface area (Å²) in [6.07, 6.45) is 0. The van der Waals surface area contributed by atoms with Crippen molar-refractivity contribution in [3.8, 4) is 11.5 Å². The number of hydrogen-bond acceptors (Lipinski definition) is 4. The van der Waals surface area contributed by atoms with E-state index in [9.17, 15) is 4.79 Å². The SMILES string of the molecule is COc1ccc(OC)c(C(=O)N2CCN(C(c3ccccc3)c3ccccc3)CC2)c1. The lowest BCUT2D eigenvalue weighted by molar-refractivity contribution is 0.0594. The first kappa shape index (κ1) is 20.9. The lowest BCUT2D eigenvalue weighted by Crippen LogP contribution is -2.49. The van der Waals surface area contributed by atoms with Gasteiger partial charge in [0.05, 0.1) is 25.8 Å². The molecular formula is C26H28N2O3. The summed E-state index contributed by atoms with van der Waals surface area (Å²) in [6, 6.07) is 26.6. The first-order valence-corrected chi connectivity index (χ1v) is 10.6. The van der Waals surface area contributed by atoms with Crippen LogP contribution in [-0.4, -0.2) is 56.1 Å². The van der Waals surface area contributed by atoms with Crippen LogP contribution in [0.15, 0.2) is 78.9 Å². The number of hydrogen-bond donors (Lipinski definition) is 0. The van der Waals surface area contributed by atoms with Gasteiger partial charge in [-0.25, -0.2) is 0 Å². The van der Waals surface area contributed by atoms with E-state index in [1.165, 1.54) is 11.1 Å². The van der Waals surface area contributed by atoms with Gasteiger partial charge >= 0.3 is 0 Å². The molecule has 5 heteroatoms. The van der Waals surface area contributed by atoms with Gasteiger partial charge in [0.15, 0.2) is 0 Å². The number of nitrogens with zero attached hydrogens (tertiary/aromatic N) is 2. The quantitative estimate of drug-likeness (QED) is 0.602. The van der Waals surface area contributed by atoms with Crippen molar-refractivity contribution in [3.63, 3.8) is 0 Å². The number of methoxy groups -OCH3 is 2. The van der Waals surface area contributed by atoms with Crippen molar-refractivity contribution in [2.24, 2.45) is 0 Å². The van der Waals surface area contributed by atoms with Crippen molar-refractivity contribution < 1.29 is 14.3 Å². The highest BCUT2D eigenvalue weighted by Gasteiger charge is 2.29. The van der Waals surface area contributed by atoms with Crippen molar-refractivity contribution in [2.75, 3.05) is 40.4 Å². The highest BCUT2D eigenvalue weighted by atomic mass is 16.5. The van der Waals surface area contributed by atoms with E-state index in [1.807, 2.05) is 17.0 Å². The average molecular weight is 417 g/mol. The van der Waals surface area contributed by atoms with Crippen LogP contribution in [0.25, 0.3) is 0 Å². The Kier molecular flexibility index (Phi) is 6.53. The van der Waals surface area contributed by atoms with E-state index in [1.54, 1.807) is 32.4 Å². The lowest BCUT2D eigenvalue weighted by Gasteiger charge is -2.40. The molecule has 1 saturated heterocycles. The van der Waals surface area contributed by atoms with Crippen molar-refractivity contribution in [1.29, 1.82) is 0 Å². The molecule has 4 rings (SSSR count). The molecule has 1 fully saturated rings. The number of carbonyl (C=O) groups is 1. The minimum absolute atomic E-state index is 0.0219. The molecule has 0 saturated carbocycles. The van der Waals surface area contributed by atoms with Crippen LogP contribution in [0, 0.1) is 0 Å². The largest absolute Gasteiger partial charge is 0.497 e. The second-order valence-electron chi connectivity index (χ2n) is 7.62. The number of carbonyl (C=O) groups excluding carboxylic acids is 1. The zero-order chi connectivity index (χ0) is 21.6. The van der Waals surface area contributed by atoms with Crippen LogP contribution >= 0.6 is 0 Å². The summed E-state index contributed by atoms with van der Waals surface area (Å²) in [6.45, 7) is 2.92. The molecule has 31 heavy (non-hydrogen) atoms. The van der Waals surface area contributed by atoms with Gasteiger partial charge < -0.3 is 14.4 Å². The molecule has 3 aromatic carbocycles. The van der Waals surface area contributed by atoms with Gasteiger partial charge in [-0.3, -0.25) is 9.69 Å². The molecule has 0 radical (unpaired) electrons. The van der Waals surface area contributed by atoms with Crippen LogP contribution < -0.4 is 9.47 Å². The minimum atomic E-state index is -0.0219. The number of ether oxygens (including phenoxy) is 2. The van der Waals surface area contributed by atoms with Crippen molar-refractivity contribution in [3.05, 3.63) is 95.6 Å². The van der Waals surface area contributed by atoms with E-state index in [2.05, 4.69) is 53.4 Å². The maximum atomic E-state index is 13.2. The van der Waals surface area contributed by atoms with E-state index in [-0.39, 0.29) is 11.9 Å². The molecule has 1 heterocycles. The Morgan fingerprint density at radius 2 is 1.35 bits per heavy atom. The predicted molar refractivity (Wildman–Crippen MR) is 122 cm³/mol. The summed E-state index contributed by atoms with van der Waals surface area (Å²) in [5.74, 6) is 1.20. The predicted octanol–water partition coefficient (Wildman–Crippen LogP) is 4.25. The molecule has 5 nitrogen and oxygen atoms in total. The maximum absolute atomic E-state index is 13.2. The second-order valence-corrected chi connectivity index (χ2v) is 7.62. The van der Waals surface area contributed by atoms with Crippen LogP contribution in [0.1, 0.15) is 27.5 Å². The molecule has 0 spiro atoms. The van der Waals surface area contributed by atoms with Crippen molar-refractivity contribution in [2.45, 2.75) is 6.04 Å². The number of rotatable bonds is 6. The Morgan fingerprint density at radius 3 is 1.87 bits per heavy atom. The first-order valence-electron chi connectivity index (χ1n) is 10.6. The molecule has 3 aromatic rings.